The SMILES string of the molecule is CNCCOc1ccc(Cc2ccccc2)c2[nH]c(=O)n(C)c12. The van der Waals surface area contributed by atoms with E-state index in [1.54, 1.807) is 11.6 Å². The summed E-state index contributed by atoms with van der Waals surface area (Å²) in [5.74, 6) is 0.730. The van der Waals surface area contributed by atoms with Crippen molar-refractivity contribution in [2.75, 3.05) is 20.2 Å². The number of hydrogen-bond donors (Lipinski definition) is 2. The predicted molar refractivity (Wildman–Crippen MR) is 92.2 cm³/mol. The Morgan fingerprint density at radius 3 is 2.70 bits per heavy atom. The highest BCUT2D eigenvalue weighted by atomic mass is 16.5. The standard InChI is InChI=1S/C18H21N3O2/c1-19-10-11-23-15-9-8-14(12-13-6-4-3-5-7-13)16-17(15)21(2)18(22)20-16/h3-9,19H,10-12H2,1-2H3,(H,20,22). The Bertz CT molecular complexity index is 850. The van der Waals surface area contributed by atoms with Gasteiger partial charge in [-0.1, -0.05) is 36.4 Å². The second kappa shape index (κ2) is 6.71. The minimum absolute atomic E-state index is 0.126. The van der Waals surface area contributed by atoms with Gasteiger partial charge in [-0.3, -0.25) is 4.57 Å². The number of ether oxygens (including phenoxy) is 1. The predicted octanol–water partition coefficient (Wildman–Crippen LogP) is 2.06. The summed E-state index contributed by atoms with van der Waals surface area (Å²) in [5, 5.41) is 3.05. The fourth-order valence-electron chi connectivity index (χ4n) is 2.72. The topological polar surface area (TPSA) is 59.0 Å². The minimum atomic E-state index is -0.126. The molecule has 120 valence electrons. The van der Waals surface area contributed by atoms with Crippen LogP contribution in [-0.4, -0.2) is 29.8 Å². The van der Waals surface area contributed by atoms with Gasteiger partial charge in [-0.25, -0.2) is 4.79 Å². The lowest BCUT2D eigenvalue weighted by molar-refractivity contribution is 0.321. The van der Waals surface area contributed by atoms with Crippen molar-refractivity contribution < 1.29 is 4.74 Å². The molecule has 0 bridgehead atoms. The summed E-state index contributed by atoms with van der Waals surface area (Å²) >= 11 is 0. The summed E-state index contributed by atoms with van der Waals surface area (Å²) in [5.41, 5.74) is 3.84. The first kappa shape index (κ1) is 15.4. The molecule has 5 nitrogen and oxygen atoms in total. The van der Waals surface area contributed by atoms with Crippen LogP contribution in [0.5, 0.6) is 5.75 Å². The van der Waals surface area contributed by atoms with Gasteiger partial charge in [0.1, 0.15) is 17.9 Å². The van der Waals surface area contributed by atoms with Crippen LogP contribution in [0.15, 0.2) is 47.3 Å². The van der Waals surface area contributed by atoms with Gasteiger partial charge in [0.05, 0.1) is 5.52 Å². The van der Waals surface area contributed by atoms with E-state index in [9.17, 15) is 4.79 Å². The summed E-state index contributed by atoms with van der Waals surface area (Å²) in [6.07, 6.45) is 0.772. The van der Waals surface area contributed by atoms with Crippen molar-refractivity contribution >= 4 is 11.0 Å². The maximum atomic E-state index is 12.1. The van der Waals surface area contributed by atoms with Gasteiger partial charge in [0.25, 0.3) is 0 Å². The second-order valence-corrected chi connectivity index (χ2v) is 5.55. The van der Waals surface area contributed by atoms with Crippen LogP contribution in [0, 0.1) is 0 Å². The number of fused-ring (bicyclic) bond motifs is 1. The number of likely N-dealkylation sites (N-methyl/N-ethyl adjacent to an activating group) is 1. The fourth-order valence-corrected chi connectivity index (χ4v) is 2.72. The molecule has 0 aliphatic rings. The molecule has 1 heterocycles. The zero-order valence-corrected chi connectivity index (χ0v) is 13.4. The first-order valence-corrected chi connectivity index (χ1v) is 7.72. The lowest BCUT2D eigenvalue weighted by atomic mass is 10.0. The Hall–Kier alpha value is -2.53. The third-order valence-electron chi connectivity index (χ3n) is 3.95. The highest BCUT2D eigenvalue weighted by Crippen LogP contribution is 2.27. The van der Waals surface area contributed by atoms with Crippen molar-refractivity contribution in [1.82, 2.24) is 14.9 Å². The van der Waals surface area contributed by atoms with Crippen LogP contribution < -0.4 is 15.7 Å². The maximum absolute atomic E-state index is 12.1. The Labute approximate surface area is 134 Å². The molecule has 0 spiro atoms. The largest absolute Gasteiger partial charge is 0.490 e. The summed E-state index contributed by atoms with van der Waals surface area (Å²) in [4.78, 5) is 15.0. The molecule has 0 aliphatic heterocycles. The van der Waals surface area contributed by atoms with Gasteiger partial charge in [-0.05, 0) is 30.7 Å². The number of H-pyrrole nitrogens is 1. The van der Waals surface area contributed by atoms with Crippen molar-refractivity contribution in [2.24, 2.45) is 7.05 Å². The molecule has 0 atom stereocenters. The minimum Gasteiger partial charge on any atom is -0.490 e. The molecule has 0 saturated carbocycles. The van der Waals surface area contributed by atoms with Crippen molar-refractivity contribution in [3.63, 3.8) is 0 Å². The molecule has 3 aromatic rings. The van der Waals surface area contributed by atoms with Crippen LogP contribution in [0.1, 0.15) is 11.1 Å². The Morgan fingerprint density at radius 2 is 1.96 bits per heavy atom. The van der Waals surface area contributed by atoms with Gasteiger partial charge < -0.3 is 15.0 Å². The molecule has 3 rings (SSSR count). The average Bonchev–Trinajstić information content (AvgIpc) is 2.87. The van der Waals surface area contributed by atoms with E-state index in [2.05, 4.69) is 22.4 Å². The van der Waals surface area contributed by atoms with Crippen LogP contribution >= 0.6 is 0 Å². The molecule has 0 unspecified atom stereocenters. The van der Waals surface area contributed by atoms with Gasteiger partial charge in [0.2, 0.25) is 0 Å². The molecule has 1 aromatic heterocycles. The van der Waals surface area contributed by atoms with E-state index in [0.717, 1.165) is 35.3 Å². The summed E-state index contributed by atoms with van der Waals surface area (Å²) in [6, 6.07) is 14.2. The van der Waals surface area contributed by atoms with Crippen LogP contribution in [0.2, 0.25) is 0 Å². The van der Waals surface area contributed by atoms with Crippen molar-refractivity contribution in [2.45, 2.75) is 6.42 Å². The first-order valence-electron chi connectivity index (χ1n) is 7.72. The molecule has 2 aromatic carbocycles. The lowest BCUT2D eigenvalue weighted by Gasteiger charge is -2.11. The normalized spacial score (nSPS) is 11.0. The smallest absolute Gasteiger partial charge is 0.326 e. The van der Waals surface area contributed by atoms with E-state index in [1.807, 2.05) is 37.4 Å². The summed E-state index contributed by atoms with van der Waals surface area (Å²) in [7, 11) is 3.65. The monoisotopic (exact) mass is 311 g/mol. The summed E-state index contributed by atoms with van der Waals surface area (Å²) in [6.45, 7) is 1.31. The Morgan fingerprint density at radius 1 is 1.17 bits per heavy atom. The highest BCUT2D eigenvalue weighted by molar-refractivity contribution is 5.85. The molecule has 0 amide bonds. The first-order chi connectivity index (χ1) is 11.2. The van der Waals surface area contributed by atoms with E-state index in [0.29, 0.717) is 6.61 Å². The van der Waals surface area contributed by atoms with E-state index in [4.69, 9.17) is 4.74 Å². The van der Waals surface area contributed by atoms with E-state index < -0.39 is 0 Å². The van der Waals surface area contributed by atoms with Crippen LogP contribution in [-0.2, 0) is 13.5 Å². The van der Waals surface area contributed by atoms with Crippen molar-refractivity contribution in [3.05, 3.63) is 64.1 Å². The zero-order valence-electron chi connectivity index (χ0n) is 13.4. The number of imidazole rings is 1. The number of rotatable bonds is 6. The van der Waals surface area contributed by atoms with Crippen molar-refractivity contribution in [3.8, 4) is 5.75 Å². The summed E-state index contributed by atoms with van der Waals surface area (Å²) < 4.78 is 7.43. The maximum Gasteiger partial charge on any atom is 0.326 e. The number of nitrogens with zero attached hydrogens (tertiary/aromatic N) is 1. The Kier molecular flexibility index (Phi) is 4.48. The van der Waals surface area contributed by atoms with Crippen LogP contribution in [0.25, 0.3) is 11.0 Å². The molecule has 5 heteroatoms. The fraction of sp³-hybridized carbons (Fsp3) is 0.278. The molecule has 2 N–H and O–H groups in total. The van der Waals surface area contributed by atoms with Gasteiger partial charge in [-0.2, -0.15) is 0 Å². The van der Waals surface area contributed by atoms with Gasteiger partial charge in [0, 0.05) is 13.6 Å². The quantitative estimate of drug-likeness (QED) is 0.685. The van der Waals surface area contributed by atoms with E-state index in [1.165, 1.54) is 5.56 Å². The van der Waals surface area contributed by atoms with Crippen LogP contribution in [0.4, 0.5) is 0 Å². The number of aromatic nitrogens is 2. The zero-order chi connectivity index (χ0) is 16.2. The van der Waals surface area contributed by atoms with Crippen molar-refractivity contribution in [1.29, 1.82) is 0 Å². The molecule has 0 saturated heterocycles. The second-order valence-electron chi connectivity index (χ2n) is 5.55. The van der Waals surface area contributed by atoms with E-state index in [-0.39, 0.29) is 5.69 Å². The molecular formula is C18H21N3O2. The average molecular weight is 311 g/mol. The van der Waals surface area contributed by atoms with Gasteiger partial charge >= 0.3 is 5.69 Å². The van der Waals surface area contributed by atoms with E-state index >= 15 is 0 Å². The number of aryl methyl sites for hydroxylation is 1. The molecule has 0 radical (unpaired) electrons. The number of nitrogens with one attached hydrogen (secondary N) is 2. The molecule has 23 heavy (non-hydrogen) atoms. The van der Waals surface area contributed by atoms with Gasteiger partial charge in [0.15, 0.2) is 0 Å². The van der Waals surface area contributed by atoms with Crippen LogP contribution in [0.3, 0.4) is 0 Å². The number of hydrogen-bond acceptors (Lipinski definition) is 3. The third kappa shape index (κ3) is 3.14. The highest BCUT2D eigenvalue weighted by Gasteiger charge is 2.14. The number of benzene rings is 2. The molecule has 0 aliphatic carbocycles. The number of aromatic amines is 1. The lowest BCUT2D eigenvalue weighted by Crippen LogP contribution is -2.16. The molecular weight excluding hydrogens is 290 g/mol. The van der Waals surface area contributed by atoms with Gasteiger partial charge in [-0.15, -0.1) is 0 Å². The third-order valence-corrected chi connectivity index (χ3v) is 3.95. The molecule has 0 fully saturated rings. The Balaban J connectivity index is 2.02.